The number of rotatable bonds is 4. The van der Waals surface area contributed by atoms with Crippen molar-refractivity contribution in [3.63, 3.8) is 0 Å². The van der Waals surface area contributed by atoms with Crippen molar-refractivity contribution in [2.24, 2.45) is 5.84 Å². The van der Waals surface area contributed by atoms with E-state index < -0.39 is 0 Å². The lowest BCUT2D eigenvalue weighted by Gasteiger charge is -2.02. The number of hydrazine groups is 1. The molecule has 0 aliphatic heterocycles. The van der Waals surface area contributed by atoms with Gasteiger partial charge in [-0.15, -0.1) is 11.3 Å². The number of aromatic nitrogens is 1. The van der Waals surface area contributed by atoms with E-state index >= 15 is 0 Å². The normalized spacial score (nSPS) is 9.94. The standard InChI is InChI=1S/C11H11N3O2S/c12-14-11(15)9-6-13-10(17-9)7-16-8-4-2-1-3-5-8/h1-6H,7,12H2,(H,14,15). The van der Waals surface area contributed by atoms with E-state index in [1.807, 2.05) is 30.3 Å². The van der Waals surface area contributed by atoms with Crippen molar-refractivity contribution in [1.29, 1.82) is 0 Å². The molecule has 2 aromatic rings. The molecule has 0 fully saturated rings. The molecule has 1 amide bonds. The summed E-state index contributed by atoms with van der Waals surface area (Å²) in [7, 11) is 0. The molecule has 0 atom stereocenters. The topological polar surface area (TPSA) is 77.2 Å². The quantitative estimate of drug-likeness (QED) is 0.487. The molecule has 1 aromatic carbocycles. The van der Waals surface area contributed by atoms with E-state index in [2.05, 4.69) is 10.4 Å². The summed E-state index contributed by atoms with van der Waals surface area (Å²) < 4.78 is 5.50. The highest BCUT2D eigenvalue weighted by Gasteiger charge is 2.09. The molecule has 6 heteroatoms. The third-order valence-electron chi connectivity index (χ3n) is 2.01. The molecule has 0 aliphatic rings. The van der Waals surface area contributed by atoms with E-state index in [4.69, 9.17) is 10.6 Å². The van der Waals surface area contributed by atoms with Crippen LogP contribution in [0.3, 0.4) is 0 Å². The molecule has 1 aromatic heterocycles. The van der Waals surface area contributed by atoms with Gasteiger partial charge in [0.15, 0.2) is 0 Å². The van der Waals surface area contributed by atoms with Crippen LogP contribution in [0.25, 0.3) is 0 Å². The van der Waals surface area contributed by atoms with Crippen LogP contribution in [0.4, 0.5) is 0 Å². The number of benzene rings is 1. The van der Waals surface area contributed by atoms with Crippen LogP contribution in [0.1, 0.15) is 14.7 Å². The predicted octanol–water partition coefficient (Wildman–Crippen LogP) is 1.33. The van der Waals surface area contributed by atoms with Gasteiger partial charge in [-0.3, -0.25) is 10.2 Å². The van der Waals surface area contributed by atoms with Gasteiger partial charge in [0.25, 0.3) is 5.91 Å². The van der Waals surface area contributed by atoms with Gasteiger partial charge >= 0.3 is 0 Å². The van der Waals surface area contributed by atoms with Gasteiger partial charge in [-0.2, -0.15) is 0 Å². The van der Waals surface area contributed by atoms with Crippen LogP contribution < -0.4 is 16.0 Å². The van der Waals surface area contributed by atoms with E-state index in [9.17, 15) is 4.79 Å². The van der Waals surface area contributed by atoms with Crippen LogP contribution >= 0.6 is 11.3 Å². The van der Waals surface area contributed by atoms with Crippen LogP contribution in [0.15, 0.2) is 36.5 Å². The van der Waals surface area contributed by atoms with Crippen LogP contribution in [0, 0.1) is 0 Å². The molecule has 1 heterocycles. The van der Waals surface area contributed by atoms with Crippen molar-refractivity contribution in [2.45, 2.75) is 6.61 Å². The third-order valence-corrected chi connectivity index (χ3v) is 2.98. The summed E-state index contributed by atoms with van der Waals surface area (Å²) in [6.07, 6.45) is 1.48. The molecule has 0 saturated carbocycles. The largest absolute Gasteiger partial charge is 0.486 e. The van der Waals surface area contributed by atoms with Crippen molar-refractivity contribution in [1.82, 2.24) is 10.4 Å². The Kier molecular flexibility index (Phi) is 3.69. The maximum atomic E-state index is 11.2. The van der Waals surface area contributed by atoms with Gasteiger partial charge in [-0.05, 0) is 12.1 Å². The van der Waals surface area contributed by atoms with E-state index in [-0.39, 0.29) is 5.91 Å². The molecule has 0 saturated heterocycles. The summed E-state index contributed by atoms with van der Waals surface area (Å²) >= 11 is 1.26. The molecule has 0 bridgehead atoms. The minimum absolute atomic E-state index is 0.339. The zero-order valence-corrected chi connectivity index (χ0v) is 9.74. The molecule has 88 valence electrons. The van der Waals surface area contributed by atoms with Crippen molar-refractivity contribution in [3.05, 3.63) is 46.4 Å². The van der Waals surface area contributed by atoms with Gasteiger partial charge < -0.3 is 4.74 Å². The Morgan fingerprint density at radius 2 is 2.18 bits per heavy atom. The molecule has 2 rings (SSSR count). The predicted molar refractivity (Wildman–Crippen MR) is 64.5 cm³/mol. The summed E-state index contributed by atoms with van der Waals surface area (Å²) in [5.74, 6) is 5.46. The highest BCUT2D eigenvalue weighted by molar-refractivity contribution is 7.13. The van der Waals surface area contributed by atoms with Crippen LogP contribution in [-0.2, 0) is 6.61 Å². The van der Waals surface area contributed by atoms with E-state index in [0.717, 1.165) is 10.8 Å². The number of amides is 1. The Hall–Kier alpha value is -1.92. The molecule has 17 heavy (non-hydrogen) atoms. The van der Waals surface area contributed by atoms with Gasteiger partial charge in [0, 0.05) is 0 Å². The molecule has 5 nitrogen and oxygen atoms in total. The Labute approximate surface area is 102 Å². The highest BCUT2D eigenvalue weighted by atomic mass is 32.1. The fraction of sp³-hybridized carbons (Fsp3) is 0.0909. The number of nitrogen functional groups attached to an aromatic ring is 1. The van der Waals surface area contributed by atoms with Gasteiger partial charge in [-0.1, -0.05) is 18.2 Å². The summed E-state index contributed by atoms with van der Waals surface area (Å²) in [4.78, 5) is 15.7. The second kappa shape index (κ2) is 5.42. The molecule has 3 N–H and O–H groups in total. The minimum Gasteiger partial charge on any atom is -0.486 e. The lowest BCUT2D eigenvalue weighted by Crippen LogP contribution is -2.29. The number of para-hydroxylation sites is 1. The van der Waals surface area contributed by atoms with Crippen molar-refractivity contribution < 1.29 is 9.53 Å². The Morgan fingerprint density at radius 3 is 2.88 bits per heavy atom. The highest BCUT2D eigenvalue weighted by Crippen LogP contribution is 2.16. The third kappa shape index (κ3) is 3.02. The zero-order valence-electron chi connectivity index (χ0n) is 8.92. The van der Waals surface area contributed by atoms with Gasteiger partial charge in [-0.25, -0.2) is 10.8 Å². The van der Waals surface area contributed by atoms with E-state index in [1.54, 1.807) is 0 Å². The number of nitrogens with zero attached hydrogens (tertiary/aromatic N) is 1. The number of nitrogens with one attached hydrogen (secondary N) is 1. The number of carbonyl (C=O) groups excluding carboxylic acids is 1. The number of thiazole rings is 1. The molecule has 0 spiro atoms. The average molecular weight is 249 g/mol. The van der Waals surface area contributed by atoms with E-state index in [1.165, 1.54) is 17.5 Å². The fourth-order valence-corrected chi connectivity index (χ4v) is 1.95. The molecular formula is C11H11N3O2S. The van der Waals surface area contributed by atoms with Crippen molar-refractivity contribution in [2.75, 3.05) is 0 Å². The van der Waals surface area contributed by atoms with Crippen molar-refractivity contribution in [3.8, 4) is 5.75 Å². The Morgan fingerprint density at radius 1 is 1.41 bits per heavy atom. The first-order valence-corrected chi connectivity index (χ1v) is 5.75. The summed E-state index contributed by atoms with van der Waals surface area (Å²) in [5.41, 5.74) is 2.06. The SMILES string of the molecule is NNC(=O)c1cnc(COc2ccccc2)s1. The Balaban J connectivity index is 1.96. The molecule has 0 radical (unpaired) electrons. The van der Waals surface area contributed by atoms with Crippen molar-refractivity contribution >= 4 is 17.2 Å². The van der Waals surface area contributed by atoms with Gasteiger partial charge in [0.05, 0.1) is 6.20 Å². The maximum Gasteiger partial charge on any atom is 0.276 e. The van der Waals surface area contributed by atoms with E-state index in [0.29, 0.717) is 11.5 Å². The number of hydrogen-bond donors (Lipinski definition) is 2. The van der Waals surface area contributed by atoms with Crippen LogP contribution in [-0.4, -0.2) is 10.9 Å². The lowest BCUT2D eigenvalue weighted by atomic mass is 10.3. The molecule has 0 unspecified atom stereocenters. The summed E-state index contributed by atoms with van der Waals surface area (Å²) in [6, 6.07) is 9.43. The van der Waals surface area contributed by atoms with Crippen LogP contribution in [0.5, 0.6) is 5.75 Å². The van der Waals surface area contributed by atoms with Gasteiger partial charge in [0.1, 0.15) is 22.2 Å². The fourth-order valence-electron chi connectivity index (χ4n) is 1.21. The second-order valence-electron chi connectivity index (χ2n) is 3.19. The second-order valence-corrected chi connectivity index (χ2v) is 4.31. The smallest absolute Gasteiger partial charge is 0.276 e. The lowest BCUT2D eigenvalue weighted by molar-refractivity contribution is 0.0957. The average Bonchev–Trinajstić information content (AvgIpc) is 2.85. The number of ether oxygens (including phenoxy) is 1. The van der Waals surface area contributed by atoms with Crippen LogP contribution in [0.2, 0.25) is 0 Å². The van der Waals surface area contributed by atoms with Gasteiger partial charge in [0.2, 0.25) is 0 Å². The zero-order chi connectivity index (χ0) is 12.1. The first-order valence-electron chi connectivity index (χ1n) is 4.93. The number of hydrogen-bond acceptors (Lipinski definition) is 5. The first-order chi connectivity index (χ1) is 8.29. The summed E-state index contributed by atoms with van der Waals surface area (Å²) in [6.45, 7) is 0.340. The Bertz CT molecular complexity index is 498. The molecular weight excluding hydrogens is 238 g/mol. The minimum atomic E-state index is -0.339. The first kappa shape index (κ1) is 11.6. The number of nitrogens with two attached hydrogens (primary N) is 1. The number of carbonyl (C=O) groups is 1. The maximum absolute atomic E-state index is 11.2. The molecule has 0 aliphatic carbocycles. The monoisotopic (exact) mass is 249 g/mol. The summed E-state index contributed by atoms with van der Waals surface area (Å²) in [5, 5.41) is 0.729.